The van der Waals surface area contributed by atoms with Crippen molar-refractivity contribution in [1.29, 1.82) is 10.8 Å². The fraction of sp³-hybridized carbons (Fsp3) is 0.312. The predicted molar refractivity (Wildman–Crippen MR) is 159 cm³/mol. The van der Waals surface area contributed by atoms with Gasteiger partial charge in [0.1, 0.15) is 5.75 Å². The molecule has 3 aromatic rings. The number of ether oxygens (including phenoxy) is 3. The van der Waals surface area contributed by atoms with Gasteiger partial charge in [0.05, 0.1) is 20.3 Å². The second-order valence-electron chi connectivity index (χ2n) is 9.22. The van der Waals surface area contributed by atoms with E-state index >= 15 is 0 Å². The van der Waals surface area contributed by atoms with Crippen LogP contribution < -0.4 is 19.1 Å². The van der Waals surface area contributed by atoms with Gasteiger partial charge in [-0.05, 0) is 93.8 Å². The number of hydrogen-bond donors (Lipinski definition) is 3. The molecule has 1 unspecified atom stereocenters. The molecule has 1 aliphatic rings. The van der Waals surface area contributed by atoms with Crippen LogP contribution in [0, 0.1) is 10.8 Å². The molecule has 1 aliphatic heterocycles. The molecule has 0 saturated heterocycles. The molecule has 0 amide bonds. The summed E-state index contributed by atoms with van der Waals surface area (Å²) >= 11 is 0. The number of anilines is 1. The number of benzene rings is 3. The zero-order valence-electron chi connectivity index (χ0n) is 23.8. The van der Waals surface area contributed by atoms with Gasteiger partial charge < -0.3 is 29.6 Å². The number of likely N-dealkylation sites (N-methyl/N-ethyl adjacent to an activating group) is 1. The van der Waals surface area contributed by atoms with E-state index in [2.05, 4.69) is 43.0 Å². The number of nitrogens with one attached hydrogen (secondary N) is 2. The second-order valence-corrected chi connectivity index (χ2v) is 9.22. The molecule has 7 nitrogen and oxygen atoms in total. The summed E-state index contributed by atoms with van der Waals surface area (Å²) in [5.74, 6) is 2.01. The number of aliphatic hydroxyl groups is 1. The molecule has 0 bridgehead atoms. The Morgan fingerprint density at radius 2 is 1.62 bits per heavy atom. The normalized spacial score (nSPS) is 16.2. The topological polar surface area (TPSA) is 98.9 Å². The smallest absolute Gasteiger partial charge is 0.210 e. The summed E-state index contributed by atoms with van der Waals surface area (Å²) in [5, 5.41) is 23.1. The number of fused-ring (bicyclic) bond motifs is 1. The van der Waals surface area contributed by atoms with Crippen LogP contribution in [0.1, 0.15) is 44.4 Å². The van der Waals surface area contributed by atoms with Gasteiger partial charge in [0.15, 0.2) is 11.5 Å². The molecule has 1 heterocycles. The van der Waals surface area contributed by atoms with Gasteiger partial charge in [-0.3, -0.25) is 5.41 Å². The molecule has 0 fully saturated rings. The van der Waals surface area contributed by atoms with Gasteiger partial charge in [-0.2, -0.15) is 0 Å². The second kappa shape index (κ2) is 15.1. The van der Waals surface area contributed by atoms with Crippen LogP contribution in [-0.2, 0) is 28.6 Å². The Morgan fingerprint density at radius 1 is 0.950 bits per heavy atom. The molecule has 0 spiro atoms. The first-order chi connectivity index (χ1) is 18.8. The third-order valence-electron chi connectivity index (χ3n) is 6.72. The minimum atomic E-state index is -0.379. The van der Waals surface area contributed by atoms with Crippen molar-refractivity contribution < 1.29 is 36.1 Å². The van der Waals surface area contributed by atoms with Gasteiger partial charge >= 0.3 is 0 Å². The molecule has 1 atom stereocenters. The zero-order chi connectivity index (χ0) is 28.4. The number of methoxy groups -OCH3 is 1. The number of rotatable bonds is 10. The van der Waals surface area contributed by atoms with Crippen molar-refractivity contribution in [1.82, 2.24) is 0 Å². The predicted octanol–water partition coefficient (Wildman–Crippen LogP) is 6.93. The van der Waals surface area contributed by atoms with E-state index in [-0.39, 0.29) is 28.1 Å². The van der Waals surface area contributed by atoms with E-state index in [4.69, 9.17) is 30.1 Å². The van der Waals surface area contributed by atoms with Crippen LogP contribution in [0.25, 0.3) is 0 Å². The Labute approximate surface area is 248 Å². The van der Waals surface area contributed by atoms with Crippen LogP contribution in [0.4, 0.5) is 5.69 Å². The first-order valence-electron chi connectivity index (χ1n) is 13.2. The van der Waals surface area contributed by atoms with Gasteiger partial charge in [-0.15, -0.1) is 0 Å². The Hall–Kier alpha value is -3.75. The molecule has 4 rings (SSSR count). The molecule has 0 aromatic heterocycles. The quantitative estimate of drug-likeness (QED) is 0.176. The molecule has 215 valence electrons. The first-order valence-corrected chi connectivity index (χ1v) is 13.2. The molecule has 3 aromatic carbocycles. The average molecular weight is 589 g/mol. The van der Waals surface area contributed by atoms with Gasteiger partial charge in [-0.1, -0.05) is 24.3 Å². The van der Waals surface area contributed by atoms with Crippen LogP contribution in [0.2, 0.25) is 0 Å². The van der Waals surface area contributed by atoms with Crippen molar-refractivity contribution >= 4 is 17.8 Å². The van der Waals surface area contributed by atoms with Crippen molar-refractivity contribution in [2.75, 3.05) is 31.8 Å². The van der Waals surface area contributed by atoms with E-state index in [9.17, 15) is 0 Å². The van der Waals surface area contributed by atoms with Gasteiger partial charge in [0, 0.05) is 51.9 Å². The van der Waals surface area contributed by atoms with Crippen molar-refractivity contribution in [2.45, 2.75) is 39.5 Å². The molecular formula is C32H39CoN3O4. The van der Waals surface area contributed by atoms with Crippen molar-refractivity contribution in [3.63, 3.8) is 0 Å². The van der Waals surface area contributed by atoms with Gasteiger partial charge in [-0.25, -0.2) is 0 Å². The largest absolute Gasteiger partial charge is 0.497 e. The monoisotopic (exact) mass is 588 g/mol. The van der Waals surface area contributed by atoms with Crippen molar-refractivity contribution in [3.8, 4) is 17.2 Å². The van der Waals surface area contributed by atoms with E-state index in [0.29, 0.717) is 18.8 Å². The fourth-order valence-electron chi connectivity index (χ4n) is 4.97. The van der Waals surface area contributed by atoms with E-state index in [1.165, 1.54) is 17.5 Å². The number of allylic oxidation sites excluding steroid dienone is 2. The third-order valence-corrected chi connectivity index (χ3v) is 6.72. The van der Waals surface area contributed by atoms with Crippen LogP contribution in [0.5, 0.6) is 17.2 Å². The van der Waals surface area contributed by atoms with E-state index in [1.807, 2.05) is 38.1 Å². The first kappa shape index (κ1) is 32.5. The third kappa shape index (κ3) is 7.25. The Bertz CT molecular complexity index is 1310. The Kier molecular flexibility index (Phi) is 12.3. The van der Waals surface area contributed by atoms with E-state index in [1.54, 1.807) is 31.4 Å². The SMILES string of the molecule is CCOc1ccc(CC2(C)/C(=C/C=N)N(CC)c3ccc(OC)cc32)cc1OCC.N=C(O)c1ccccc1.[Co]. The maximum absolute atomic E-state index is 8.61. The van der Waals surface area contributed by atoms with Crippen LogP contribution >= 0.6 is 0 Å². The molecule has 0 saturated carbocycles. The number of nitrogens with zero attached hydrogens (tertiary/aromatic N) is 1. The molecule has 1 radical (unpaired) electrons. The molecule has 0 aliphatic carbocycles. The fourth-order valence-corrected chi connectivity index (χ4v) is 4.97. The summed E-state index contributed by atoms with van der Waals surface area (Å²) in [4.78, 5) is 2.29. The Morgan fingerprint density at radius 3 is 2.17 bits per heavy atom. The number of hydrogen-bond acceptors (Lipinski definition) is 6. The maximum atomic E-state index is 8.61. The minimum absolute atomic E-state index is 0. The minimum Gasteiger partial charge on any atom is -0.497 e. The summed E-state index contributed by atoms with van der Waals surface area (Å²) in [6.07, 6.45) is 4.06. The average Bonchev–Trinajstić information content (AvgIpc) is 3.17. The summed E-state index contributed by atoms with van der Waals surface area (Å²) in [5.41, 5.74) is 4.92. The van der Waals surface area contributed by atoms with E-state index in [0.717, 1.165) is 41.5 Å². The maximum Gasteiger partial charge on any atom is 0.210 e. The number of aliphatic hydroxyl groups excluding tert-OH is 1. The molecule has 40 heavy (non-hydrogen) atoms. The standard InChI is InChI=1S/C25H32N2O3.C7H7NO.Co/c1-6-27-21-11-10-19(28-5)16-20(21)25(4,24(27)13-14-26)17-18-9-12-22(29-7-2)23(15-18)30-8-3;8-7(9)6-4-2-1-3-5-6;/h9-16,26H,6-8,17H2,1-5H3;1-5H,(H2,8,9);/b24-13-,26-14?;;. The van der Waals surface area contributed by atoms with Crippen LogP contribution in [0.3, 0.4) is 0 Å². The summed E-state index contributed by atoms with van der Waals surface area (Å²) in [6.45, 7) is 10.4. The molecule has 8 heteroatoms. The van der Waals surface area contributed by atoms with Gasteiger partial charge in [0.2, 0.25) is 5.90 Å². The zero-order valence-corrected chi connectivity index (χ0v) is 24.8. The summed E-state index contributed by atoms with van der Waals surface area (Å²) in [7, 11) is 1.70. The Balaban J connectivity index is 0.000000477. The molecule has 3 N–H and O–H groups in total. The van der Waals surface area contributed by atoms with Gasteiger partial charge in [0.25, 0.3) is 0 Å². The van der Waals surface area contributed by atoms with Crippen LogP contribution in [0.15, 0.2) is 78.5 Å². The summed E-state index contributed by atoms with van der Waals surface area (Å²) in [6, 6.07) is 21.2. The molecular weight excluding hydrogens is 549 g/mol. The van der Waals surface area contributed by atoms with Crippen molar-refractivity contribution in [3.05, 3.63) is 95.2 Å². The van der Waals surface area contributed by atoms with Crippen LogP contribution in [-0.4, -0.2) is 44.1 Å². The van der Waals surface area contributed by atoms with Crippen molar-refractivity contribution in [2.24, 2.45) is 0 Å². The van der Waals surface area contributed by atoms with E-state index < -0.39 is 0 Å². The summed E-state index contributed by atoms with van der Waals surface area (Å²) < 4.78 is 17.1.